The Bertz CT molecular complexity index is 1140. The molecule has 4 rings (SSSR count). The fraction of sp³-hybridized carbons (Fsp3) is 0.346. The Balaban J connectivity index is 1.63. The smallest absolute Gasteiger partial charge is 0.338 e. The molecule has 2 aromatic carbocycles. The lowest BCUT2D eigenvalue weighted by atomic mass is 9.93. The first kappa shape index (κ1) is 23.9. The third-order valence-electron chi connectivity index (χ3n) is 5.99. The molecule has 34 heavy (non-hydrogen) atoms. The Labute approximate surface area is 204 Å². The summed E-state index contributed by atoms with van der Waals surface area (Å²) in [5.41, 5.74) is 4.75. The Morgan fingerprint density at radius 1 is 1.12 bits per heavy atom. The minimum atomic E-state index is -0.368. The Hall–Kier alpha value is -3.26. The first-order valence-electron chi connectivity index (χ1n) is 11.6. The summed E-state index contributed by atoms with van der Waals surface area (Å²) in [7, 11) is 1.40. The lowest BCUT2D eigenvalue weighted by molar-refractivity contribution is -0.136. The molecule has 2 aromatic rings. The molecule has 8 heteroatoms. The minimum absolute atomic E-state index is 0.310. The molecule has 1 atom stereocenters. The van der Waals surface area contributed by atoms with Gasteiger partial charge < -0.3 is 20.3 Å². The molecule has 0 radical (unpaired) electrons. The van der Waals surface area contributed by atoms with Crippen LogP contribution in [0.5, 0.6) is 0 Å². The lowest BCUT2D eigenvalue weighted by Crippen LogP contribution is -2.42. The first-order chi connectivity index (χ1) is 16.5. The highest BCUT2D eigenvalue weighted by molar-refractivity contribution is 8.13. The molecule has 2 aliphatic rings. The van der Waals surface area contributed by atoms with Crippen LogP contribution in [0.25, 0.3) is 0 Å². The SMILES string of the molecule is CCC1=C(C(=O)OC)C(c2cccc(NC(=O)Nc3ccccc3CC)c2)N2CCCSC2=N1. The van der Waals surface area contributed by atoms with Crippen LogP contribution in [-0.2, 0) is 16.0 Å². The molecule has 1 unspecified atom stereocenters. The topological polar surface area (TPSA) is 83.0 Å². The number of para-hydroxylation sites is 1. The fourth-order valence-corrected chi connectivity index (χ4v) is 5.37. The van der Waals surface area contributed by atoms with Crippen molar-refractivity contribution in [2.45, 2.75) is 39.2 Å². The number of rotatable bonds is 6. The van der Waals surface area contributed by atoms with Crippen LogP contribution < -0.4 is 10.6 Å². The Morgan fingerprint density at radius 3 is 2.71 bits per heavy atom. The van der Waals surface area contributed by atoms with Gasteiger partial charge in [0, 0.05) is 23.7 Å². The van der Waals surface area contributed by atoms with Crippen LogP contribution >= 0.6 is 11.8 Å². The number of ether oxygens (including phenoxy) is 1. The third kappa shape index (κ3) is 4.97. The van der Waals surface area contributed by atoms with Crippen molar-refractivity contribution < 1.29 is 14.3 Å². The van der Waals surface area contributed by atoms with Gasteiger partial charge >= 0.3 is 12.0 Å². The molecule has 2 heterocycles. The number of amides is 2. The highest BCUT2D eigenvalue weighted by Gasteiger charge is 2.38. The van der Waals surface area contributed by atoms with E-state index in [2.05, 4.69) is 22.5 Å². The van der Waals surface area contributed by atoms with Crippen LogP contribution in [0.3, 0.4) is 0 Å². The van der Waals surface area contributed by atoms with E-state index in [4.69, 9.17) is 9.73 Å². The van der Waals surface area contributed by atoms with Crippen molar-refractivity contribution in [2.24, 2.45) is 4.99 Å². The molecular formula is C26H30N4O3S. The van der Waals surface area contributed by atoms with Crippen molar-refractivity contribution in [1.82, 2.24) is 4.90 Å². The number of benzene rings is 2. The summed E-state index contributed by atoms with van der Waals surface area (Å²) < 4.78 is 5.16. The predicted molar refractivity (Wildman–Crippen MR) is 138 cm³/mol. The summed E-state index contributed by atoms with van der Waals surface area (Å²) in [5.74, 6) is 0.639. The number of nitrogens with zero attached hydrogens (tertiary/aromatic N) is 2. The van der Waals surface area contributed by atoms with E-state index < -0.39 is 0 Å². The maximum Gasteiger partial charge on any atom is 0.338 e. The number of nitrogens with one attached hydrogen (secondary N) is 2. The molecule has 0 aromatic heterocycles. The van der Waals surface area contributed by atoms with Gasteiger partial charge in [-0.3, -0.25) is 0 Å². The quantitative estimate of drug-likeness (QED) is 0.530. The molecular weight excluding hydrogens is 448 g/mol. The van der Waals surface area contributed by atoms with E-state index in [1.54, 1.807) is 11.8 Å². The molecule has 0 spiro atoms. The van der Waals surface area contributed by atoms with Gasteiger partial charge in [-0.05, 0) is 48.6 Å². The van der Waals surface area contributed by atoms with Gasteiger partial charge in [-0.15, -0.1) is 0 Å². The second kappa shape index (κ2) is 10.8. The normalized spacial score (nSPS) is 17.6. The maximum atomic E-state index is 12.9. The summed E-state index contributed by atoms with van der Waals surface area (Å²) in [6.45, 7) is 4.86. The summed E-state index contributed by atoms with van der Waals surface area (Å²) in [4.78, 5) is 32.6. The minimum Gasteiger partial charge on any atom is -0.466 e. The standard InChI is InChI=1S/C26H30N4O3S/c1-4-17-10-6-7-13-21(17)28-25(32)27-19-12-8-11-18(16-19)23-22(24(31)33-3)20(5-2)29-26-30(23)14-9-15-34-26/h6-8,10-13,16,23H,4-5,9,14-15H2,1-3H3,(H2,27,28,32). The second-order valence-electron chi connectivity index (χ2n) is 8.11. The van der Waals surface area contributed by atoms with Crippen molar-refractivity contribution in [1.29, 1.82) is 0 Å². The Morgan fingerprint density at radius 2 is 1.94 bits per heavy atom. The zero-order valence-electron chi connectivity index (χ0n) is 19.8. The largest absolute Gasteiger partial charge is 0.466 e. The molecule has 2 aliphatic heterocycles. The molecule has 178 valence electrons. The fourth-order valence-electron chi connectivity index (χ4n) is 4.38. The number of carbonyl (C=O) groups is 2. The number of thioether (sulfide) groups is 1. The second-order valence-corrected chi connectivity index (χ2v) is 9.18. The van der Waals surface area contributed by atoms with Gasteiger partial charge in [0.2, 0.25) is 0 Å². The van der Waals surface area contributed by atoms with E-state index >= 15 is 0 Å². The van der Waals surface area contributed by atoms with Crippen LogP contribution in [0.1, 0.15) is 43.9 Å². The molecule has 1 fully saturated rings. The number of anilines is 2. The highest BCUT2D eigenvalue weighted by Crippen LogP contribution is 2.41. The van der Waals surface area contributed by atoms with E-state index in [0.717, 1.165) is 52.8 Å². The van der Waals surface area contributed by atoms with E-state index in [-0.39, 0.29) is 18.0 Å². The van der Waals surface area contributed by atoms with Crippen LogP contribution in [0.15, 0.2) is 64.8 Å². The van der Waals surface area contributed by atoms with E-state index in [9.17, 15) is 9.59 Å². The van der Waals surface area contributed by atoms with Crippen LogP contribution in [-0.4, -0.2) is 41.5 Å². The summed E-state index contributed by atoms with van der Waals surface area (Å²) in [5, 5.41) is 6.82. The predicted octanol–water partition coefficient (Wildman–Crippen LogP) is 5.58. The number of hydrogen-bond acceptors (Lipinski definition) is 6. The third-order valence-corrected chi connectivity index (χ3v) is 7.07. The number of esters is 1. The number of allylic oxidation sites excluding steroid dienone is 1. The van der Waals surface area contributed by atoms with Gasteiger partial charge in [-0.1, -0.05) is 55.9 Å². The molecule has 0 saturated carbocycles. The van der Waals surface area contributed by atoms with Gasteiger partial charge in [0.05, 0.1) is 24.4 Å². The average Bonchev–Trinajstić information content (AvgIpc) is 2.87. The molecule has 2 amide bonds. The average molecular weight is 479 g/mol. The molecule has 7 nitrogen and oxygen atoms in total. The molecule has 2 N–H and O–H groups in total. The van der Waals surface area contributed by atoms with Crippen molar-refractivity contribution >= 4 is 40.3 Å². The van der Waals surface area contributed by atoms with E-state index in [1.807, 2.05) is 55.5 Å². The van der Waals surface area contributed by atoms with Crippen molar-refractivity contribution in [3.63, 3.8) is 0 Å². The highest BCUT2D eigenvalue weighted by atomic mass is 32.2. The molecule has 0 aliphatic carbocycles. The van der Waals surface area contributed by atoms with Gasteiger partial charge in [-0.2, -0.15) is 0 Å². The number of aryl methyl sites for hydroxylation is 1. The zero-order valence-corrected chi connectivity index (χ0v) is 20.6. The number of aliphatic imine (C=N–C) groups is 1. The van der Waals surface area contributed by atoms with Crippen LogP contribution in [0.2, 0.25) is 0 Å². The van der Waals surface area contributed by atoms with Crippen molar-refractivity contribution in [2.75, 3.05) is 30.0 Å². The number of carbonyl (C=O) groups excluding carboxylic acids is 2. The number of hydrogen-bond donors (Lipinski definition) is 2. The summed E-state index contributed by atoms with van der Waals surface area (Å²) >= 11 is 1.72. The zero-order chi connectivity index (χ0) is 24.1. The van der Waals surface area contributed by atoms with Crippen molar-refractivity contribution in [3.05, 3.63) is 70.9 Å². The van der Waals surface area contributed by atoms with Gasteiger partial charge in [0.15, 0.2) is 5.17 Å². The number of amidine groups is 1. The van der Waals surface area contributed by atoms with Gasteiger partial charge in [-0.25, -0.2) is 14.6 Å². The van der Waals surface area contributed by atoms with Crippen molar-refractivity contribution in [3.8, 4) is 0 Å². The maximum absolute atomic E-state index is 12.9. The van der Waals surface area contributed by atoms with E-state index in [1.165, 1.54) is 7.11 Å². The summed E-state index contributed by atoms with van der Waals surface area (Å²) in [6.07, 6.45) is 2.47. The van der Waals surface area contributed by atoms with Gasteiger partial charge in [0.25, 0.3) is 0 Å². The summed E-state index contributed by atoms with van der Waals surface area (Å²) in [6, 6.07) is 14.8. The van der Waals surface area contributed by atoms with Crippen LogP contribution in [0, 0.1) is 0 Å². The number of fused-ring (bicyclic) bond motifs is 1. The number of urea groups is 1. The first-order valence-corrected chi connectivity index (χ1v) is 12.6. The molecule has 1 saturated heterocycles. The Kier molecular flexibility index (Phi) is 7.57. The number of methoxy groups -OCH3 is 1. The molecule has 0 bridgehead atoms. The lowest BCUT2D eigenvalue weighted by Gasteiger charge is -2.40. The monoisotopic (exact) mass is 478 g/mol. The van der Waals surface area contributed by atoms with Crippen LogP contribution in [0.4, 0.5) is 16.2 Å². The van der Waals surface area contributed by atoms with Gasteiger partial charge in [0.1, 0.15) is 0 Å². The van der Waals surface area contributed by atoms with E-state index in [0.29, 0.717) is 17.7 Å².